The van der Waals surface area contributed by atoms with Crippen LogP contribution in [-0.4, -0.2) is 11.2 Å². The van der Waals surface area contributed by atoms with Crippen molar-refractivity contribution >= 4 is 6.21 Å². The molecule has 0 spiro atoms. The van der Waals surface area contributed by atoms with Crippen molar-refractivity contribution in [3.63, 3.8) is 0 Å². The van der Waals surface area contributed by atoms with Crippen LogP contribution >= 0.6 is 0 Å². The van der Waals surface area contributed by atoms with Crippen LogP contribution < -0.4 is 5.16 Å². The van der Waals surface area contributed by atoms with E-state index in [4.69, 9.17) is 0 Å². The van der Waals surface area contributed by atoms with E-state index in [-0.39, 0.29) is 0 Å². The Kier molecular flexibility index (Phi) is 1.80. The third-order valence-electron chi connectivity index (χ3n) is 0.895. The fourth-order valence-corrected chi connectivity index (χ4v) is 0.522. The molecule has 1 aromatic rings. The fourth-order valence-electron chi connectivity index (χ4n) is 0.522. The predicted octanol–water partition coefficient (Wildman–Crippen LogP) is -0.921. The van der Waals surface area contributed by atoms with Crippen molar-refractivity contribution in [1.29, 1.82) is 0 Å². The van der Waals surface area contributed by atoms with Gasteiger partial charge in [0.15, 0.2) is 6.21 Å². The molecule has 3 heteroatoms. The molecule has 0 atom stereocenters. The molecule has 1 aromatic heterocycles. The zero-order chi connectivity index (χ0) is 6.53. The van der Waals surface area contributed by atoms with Gasteiger partial charge in [0.05, 0.1) is 0 Å². The van der Waals surface area contributed by atoms with Crippen LogP contribution in [0.25, 0.3) is 0 Å². The first kappa shape index (κ1) is 5.75. The summed E-state index contributed by atoms with van der Waals surface area (Å²) >= 11 is 0. The number of pyridine rings is 1. The van der Waals surface area contributed by atoms with E-state index < -0.39 is 0 Å². The van der Waals surface area contributed by atoms with Gasteiger partial charge in [0.2, 0.25) is 0 Å². The van der Waals surface area contributed by atoms with Gasteiger partial charge in [-0.2, -0.15) is 0 Å². The van der Waals surface area contributed by atoms with Gasteiger partial charge in [0.25, 0.3) is 0 Å². The summed E-state index contributed by atoms with van der Waals surface area (Å²) < 4.78 is 0. The molecule has 1 heterocycles. The predicted molar refractivity (Wildman–Crippen MR) is 33.7 cm³/mol. The molecule has 0 aliphatic carbocycles. The van der Waals surface area contributed by atoms with E-state index in [2.05, 4.69) is 4.98 Å². The maximum absolute atomic E-state index is 9.75. The Morgan fingerprint density at radius 3 is 3.00 bits per heavy atom. The van der Waals surface area contributed by atoms with Crippen LogP contribution in [0.3, 0.4) is 0 Å². The summed E-state index contributed by atoms with van der Waals surface area (Å²) in [7, 11) is 0. The summed E-state index contributed by atoms with van der Waals surface area (Å²) in [5, 5.41) is 11.4. The molecule has 0 unspecified atom stereocenters. The molecule has 0 amide bonds. The number of rotatable bonds is 1. The van der Waals surface area contributed by atoms with Gasteiger partial charge >= 0.3 is 0 Å². The lowest BCUT2D eigenvalue weighted by molar-refractivity contribution is -0.366. The Morgan fingerprint density at radius 2 is 2.44 bits per heavy atom. The van der Waals surface area contributed by atoms with Crippen LogP contribution in [0, 0.1) is 5.21 Å². The van der Waals surface area contributed by atoms with Crippen LogP contribution in [0.2, 0.25) is 0 Å². The third kappa shape index (κ3) is 1.53. The van der Waals surface area contributed by atoms with Gasteiger partial charge in [-0.05, 0) is 12.1 Å². The summed E-state index contributed by atoms with van der Waals surface area (Å²) in [6, 6.07) is 5.35. The first-order valence-electron chi connectivity index (χ1n) is 2.55. The standard InChI is InChI=1S/C6H6N2O/c9-8-5-6-3-1-2-4-7-6/h1-5,8H. The molecule has 0 aliphatic rings. The third-order valence-corrected chi connectivity index (χ3v) is 0.895. The maximum Gasteiger partial charge on any atom is 0.198 e. The summed E-state index contributed by atoms with van der Waals surface area (Å²) in [6.45, 7) is 0. The number of aromatic nitrogens is 1. The second kappa shape index (κ2) is 2.81. The van der Waals surface area contributed by atoms with E-state index in [1.165, 1.54) is 6.21 Å². The molecular formula is C6H6N2O. The molecule has 0 fully saturated rings. The average Bonchev–Trinajstić information content (AvgIpc) is 1.91. The molecule has 0 saturated heterocycles. The van der Waals surface area contributed by atoms with Crippen molar-refractivity contribution in [3.05, 3.63) is 35.3 Å². The molecule has 1 N–H and O–H groups in total. The molecular weight excluding hydrogens is 116 g/mol. The van der Waals surface area contributed by atoms with Crippen molar-refractivity contribution in [2.45, 2.75) is 0 Å². The summed E-state index contributed by atoms with van der Waals surface area (Å²) in [5.74, 6) is 0. The van der Waals surface area contributed by atoms with Gasteiger partial charge < -0.3 is 5.21 Å². The minimum atomic E-state index is 0.646. The van der Waals surface area contributed by atoms with Gasteiger partial charge in [-0.1, -0.05) is 6.07 Å². The van der Waals surface area contributed by atoms with Gasteiger partial charge in [-0.15, -0.1) is 0 Å². The Morgan fingerprint density at radius 1 is 1.56 bits per heavy atom. The van der Waals surface area contributed by atoms with E-state index in [0.29, 0.717) is 5.69 Å². The lowest BCUT2D eigenvalue weighted by Gasteiger charge is -1.83. The second-order valence-corrected chi connectivity index (χ2v) is 1.52. The highest BCUT2D eigenvalue weighted by molar-refractivity contribution is 5.71. The van der Waals surface area contributed by atoms with Crippen molar-refractivity contribution in [2.24, 2.45) is 0 Å². The van der Waals surface area contributed by atoms with Gasteiger partial charge in [0, 0.05) is 6.20 Å². The van der Waals surface area contributed by atoms with Crippen LogP contribution in [0.5, 0.6) is 0 Å². The molecule has 0 aromatic carbocycles. The number of hydrogen-bond acceptors (Lipinski definition) is 2. The highest BCUT2D eigenvalue weighted by atomic mass is 16.4. The fraction of sp³-hybridized carbons (Fsp3) is 0. The lowest BCUT2D eigenvalue weighted by atomic mass is 10.4. The molecule has 0 radical (unpaired) electrons. The first-order chi connectivity index (χ1) is 4.43. The Hall–Kier alpha value is -1.38. The van der Waals surface area contributed by atoms with Gasteiger partial charge in [0.1, 0.15) is 5.69 Å². The normalized spacial score (nSPS) is 10.2. The van der Waals surface area contributed by atoms with Crippen molar-refractivity contribution < 1.29 is 5.16 Å². The molecule has 1 rings (SSSR count). The van der Waals surface area contributed by atoms with E-state index in [0.717, 1.165) is 0 Å². The Bertz CT molecular complexity index is 195. The van der Waals surface area contributed by atoms with E-state index in [9.17, 15) is 5.21 Å². The highest BCUT2D eigenvalue weighted by Gasteiger charge is 1.84. The summed E-state index contributed by atoms with van der Waals surface area (Å²) in [6.07, 6.45) is 2.92. The van der Waals surface area contributed by atoms with Crippen molar-refractivity contribution in [1.82, 2.24) is 4.98 Å². The quantitative estimate of drug-likeness (QED) is 0.297. The maximum atomic E-state index is 9.75. The highest BCUT2D eigenvalue weighted by Crippen LogP contribution is 1.84. The first-order valence-corrected chi connectivity index (χ1v) is 2.55. The molecule has 46 valence electrons. The smallest absolute Gasteiger partial charge is 0.198 e. The minimum Gasteiger partial charge on any atom is -0.625 e. The molecule has 0 saturated carbocycles. The Labute approximate surface area is 52.7 Å². The Balaban J connectivity index is 2.85. The van der Waals surface area contributed by atoms with Crippen molar-refractivity contribution in [2.75, 3.05) is 0 Å². The summed E-state index contributed by atoms with van der Waals surface area (Å²) in [5.41, 5.74) is 0.646. The molecule has 3 nitrogen and oxygen atoms in total. The lowest BCUT2D eigenvalue weighted by Crippen LogP contribution is -2.60. The van der Waals surface area contributed by atoms with E-state index in [1.807, 2.05) is 6.07 Å². The van der Waals surface area contributed by atoms with Gasteiger partial charge in [-0.25, -0.2) is 5.16 Å². The molecule has 9 heavy (non-hydrogen) atoms. The monoisotopic (exact) mass is 122 g/mol. The zero-order valence-electron chi connectivity index (χ0n) is 4.74. The minimum absolute atomic E-state index is 0.646. The van der Waals surface area contributed by atoms with E-state index >= 15 is 0 Å². The largest absolute Gasteiger partial charge is 0.625 e. The average molecular weight is 122 g/mol. The van der Waals surface area contributed by atoms with Crippen LogP contribution in [0.1, 0.15) is 5.69 Å². The number of hydrogen-bond donors (Lipinski definition) is 1. The topological polar surface area (TPSA) is 49.9 Å². The SMILES string of the molecule is [O-][NH+]=Cc1ccccn1. The van der Waals surface area contributed by atoms with Crippen LogP contribution in [0.4, 0.5) is 0 Å². The zero-order valence-corrected chi connectivity index (χ0v) is 4.74. The van der Waals surface area contributed by atoms with Crippen LogP contribution in [0.15, 0.2) is 24.4 Å². The second-order valence-electron chi connectivity index (χ2n) is 1.52. The summed E-state index contributed by atoms with van der Waals surface area (Å²) in [4.78, 5) is 3.85. The van der Waals surface area contributed by atoms with Gasteiger partial charge in [-0.3, -0.25) is 4.98 Å². The van der Waals surface area contributed by atoms with Crippen LogP contribution in [-0.2, 0) is 0 Å². The number of nitrogens with zero attached hydrogens (tertiary/aromatic N) is 1. The van der Waals surface area contributed by atoms with Crippen molar-refractivity contribution in [3.8, 4) is 0 Å². The molecule has 0 aliphatic heterocycles. The van der Waals surface area contributed by atoms with E-state index in [1.54, 1.807) is 23.5 Å². The molecule has 0 bridgehead atoms. The number of nitrogens with one attached hydrogen (secondary N) is 1.